The van der Waals surface area contributed by atoms with E-state index in [1.165, 1.54) is 4.90 Å². The molecule has 0 radical (unpaired) electrons. The lowest BCUT2D eigenvalue weighted by molar-refractivity contribution is -0.120. The van der Waals surface area contributed by atoms with E-state index in [0.29, 0.717) is 54.6 Å². The molecule has 2 aromatic carbocycles. The number of hydrogen-bond acceptors (Lipinski definition) is 6. The van der Waals surface area contributed by atoms with Gasteiger partial charge in [-0.3, -0.25) is 9.59 Å². The van der Waals surface area contributed by atoms with Gasteiger partial charge in [-0.05, 0) is 50.2 Å². The number of carbonyl (C=O) groups is 2. The van der Waals surface area contributed by atoms with Crippen LogP contribution in [0.15, 0.2) is 54.2 Å². The molecule has 0 N–H and O–H groups in total. The van der Waals surface area contributed by atoms with E-state index in [1.807, 2.05) is 55.1 Å². The van der Waals surface area contributed by atoms with E-state index < -0.39 is 0 Å². The second-order valence-electron chi connectivity index (χ2n) is 8.26. The number of hydrogen-bond donors (Lipinski definition) is 0. The Morgan fingerprint density at radius 2 is 1.58 bits per heavy atom. The molecule has 0 spiro atoms. The smallest absolute Gasteiger partial charge is 0.282 e. The molecule has 2 amide bonds. The van der Waals surface area contributed by atoms with Crippen molar-refractivity contribution in [2.24, 2.45) is 0 Å². The number of imide groups is 1. The van der Waals surface area contributed by atoms with Gasteiger partial charge in [0.2, 0.25) is 0 Å². The van der Waals surface area contributed by atoms with Crippen molar-refractivity contribution in [1.82, 2.24) is 9.80 Å². The standard InChI is InChI=1S/C26H31N3O4/c1-4-17-33-22-8-6-7-20(18-22)29-25(30)23(19-9-11-21(12-10-19)32-5-2)24(26(29)31)28-15-13-27(3)14-16-28/h6-12,18H,4-5,13-17H2,1-3H3. The molecule has 2 aliphatic heterocycles. The predicted molar refractivity (Wildman–Crippen MR) is 128 cm³/mol. The van der Waals surface area contributed by atoms with E-state index in [1.54, 1.807) is 12.1 Å². The lowest BCUT2D eigenvalue weighted by Gasteiger charge is -2.34. The second kappa shape index (κ2) is 10.1. The highest BCUT2D eigenvalue weighted by Crippen LogP contribution is 2.36. The lowest BCUT2D eigenvalue weighted by Crippen LogP contribution is -2.46. The molecule has 1 fully saturated rings. The van der Waals surface area contributed by atoms with Crippen molar-refractivity contribution in [3.8, 4) is 11.5 Å². The molecule has 2 aliphatic rings. The van der Waals surface area contributed by atoms with Crippen LogP contribution in [-0.2, 0) is 9.59 Å². The van der Waals surface area contributed by atoms with Crippen molar-refractivity contribution in [3.05, 3.63) is 59.8 Å². The number of rotatable bonds is 8. The Morgan fingerprint density at radius 1 is 0.848 bits per heavy atom. The van der Waals surface area contributed by atoms with E-state index in [2.05, 4.69) is 11.9 Å². The van der Waals surface area contributed by atoms with Crippen LogP contribution in [0.5, 0.6) is 11.5 Å². The summed E-state index contributed by atoms with van der Waals surface area (Å²) in [6.07, 6.45) is 0.878. The number of benzene rings is 2. The Kier molecular flexibility index (Phi) is 6.99. The van der Waals surface area contributed by atoms with Crippen molar-refractivity contribution in [1.29, 1.82) is 0 Å². The molecule has 2 aromatic rings. The van der Waals surface area contributed by atoms with Gasteiger partial charge in [0.1, 0.15) is 17.2 Å². The fourth-order valence-electron chi connectivity index (χ4n) is 4.15. The van der Waals surface area contributed by atoms with E-state index in [4.69, 9.17) is 9.47 Å². The second-order valence-corrected chi connectivity index (χ2v) is 8.26. The van der Waals surface area contributed by atoms with E-state index in [0.717, 1.165) is 25.3 Å². The summed E-state index contributed by atoms with van der Waals surface area (Å²) < 4.78 is 11.3. The van der Waals surface area contributed by atoms with Crippen LogP contribution < -0.4 is 14.4 Å². The Bertz CT molecular complexity index is 1040. The number of piperazine rings is 1. The molecule has 7 heteroatoms. The molecule has 0 bridgehead atoms. The molecule has 0 atom stereocenters. The fraction of sp³-hybridized carbons (Fsp3) is 0.385. The van der Waals surface area contributed by atoms with Gasteiger partial charge in [-0.25, -0.2) is 4.90 Å². The van der Waals surface area contributed by atoms with Crippen molar-refractivity contribution < 1.29 is 19.1 Å². The van der Waals surface area contributed by atoms with Gasteiger partial charge in [0.15, 0.2) is 0 Å². The number of ether oxygens (including phenoxy) is 2. The number of nitrogens with zero attached hydrogens (tertiary/aromatic N) is 3. The van der Waals surface area contributed by atoms with Gasteiger partial charge >= 0.3 is 0 Å². The molecule has 0 aliphatic carbocycles. The van der Waals surface area contributed by atoms with Crippen LogP contribution >= 0.6 is 0 Å². The number of anilines is 1. The molecular formula is C26H31N3O4. The van der Waals surface area contributed by atoms with Gasteiger partial charge < -0.3 is 19.3 Å². The average molecular weight is 450 g/mol. The van der Waals surface area contributed by atoms with Crippen LogP contribution in [0.4, 0.5) is 5.69 Å². The molecule has 2 heterocycles. The topological polar surface area (TPSA) is 62.3 Å². The third kappa shape index (κ3) is 4.73. The Balaban J connectivity index is 1.73. The summed E-state index contributed by atoms with van der Waals surface area (Å²) in [5.41, 5.74) is 2.14. The third-order valence-electron chi connectivity index (χ3n) is 5.88. The highest BCUT2D eigenvalue weighted by molar-refractivity contribution is 6.45. The third-order valence-corrected chi connectivity index (χ3v) is 5.88. The van der Waals surface area contributed by atoms with Gasteiger partial charge in [0, 0.05) is 32.2 Å². The first-order chi connectivity index (χ1) is 16.0. The molecule has 7 nitrogen and oxygen atoms in total. The minimum atomic E-state index is -0.314. The minimum absolute atomic E-state index is 0.291. The quantitative estimate of drug-likeness (QED) is 0.576. The zero-order valence-electron chi connectivity index (χ0n) is 19.5. The molecular weight excluding hydrogens is 418 g/mol. The van der Waals surface area contributed by atoms with E-state index in [-0.39, 0.29) is 11.8 Å². The first-order valence-corrected chi connectivity index (χ1v) is 11.6. The molecule has 0 aromatic heterocycles. The van der Waals surface area contributed by atoms with Crippen LogP contribution in [0.1, 0.15) is 25.8 Å². The van der Waals surface area contributed by atoms with Gasteiger partial charge in [-0.1, -0.05) is 25.1 Å². The summed E-state index contributed by atoms with van der Waals surface area (Å²) >= 11 is 0. The first-order valence-electron chi connectivity index (χ1n) is 11.6. The summed E-state index contributed by atoms with van der Waals surface area (Å²) in [6.45, 7) is 8.16. The van der Waals surface area contributed by atoms with Crippen LogP contribution in [0.2, 0.25) is 0 Å². The summed E-state index contributed by atoms with van der Waals surface area (Å²) in [5, 5.41) is 0. The molecule has 4 rings (SSSR count). The van der Waals surface area contributed by atoms with Gasteiger partial charge in [0.25, 0.3) is 11.8 Å². The highest BCUT2D eigenvalue weighted by atomic mass is 16.5. The lowest BCUT2D eigenvalue weighted by atomic mass is 10.0. The van der Waals surface area contributed by atoms with E-state index in [9.17, 15) is 9.59 Å². The van der Waals surface area contributed by atoms with Gasteiger partial charge in [0.05, 0.1) is 24.5 Å². The predicted octanol–water partition coefficient (Wildman–Crippen LogP) is 3.41. The summed E-state index contributed by atoms with van der Waals surface area (Å²) in [5.74, 6) is 0.773. The number of amides is 2. The average Bonchev–Trinajstić information content (AvgIpc) is 3.09. The fourth-order valence-corrected chi connectivity index (χ4v) is 4.15. The maximum absolute atomic E-state index is 13.7. The van der Waals surface area contributed by atoms with Gasteiger partial charge in [-0.15, -0.1) is 0 Å². The number of carbonyl (C=O) groups excluding carboxylic acids is 2. The van der Waals surface area contributed by atoms with Crippen LogP contribution in [-0.4, -0.2) is 68.1 Å². The Labute approximate surface area is 195 Å². The van der Waals surface area contributed by atoms with Crippen molar-refractivity contribution in [2.45, 2.75) is 20.3 Å². The van der Waals surface area contributed by atoms with Crippen molar-refractivity contribution in [2.75, 3.05) is 51.3 Å². The molecule has 174 valence electrons. The normalized spacial score (nSPS) is 17.2. The monoisotopic (exact) mass is 449 g/mol. The summed E-state index contributed by atoms with van der Waals surface area (Å²) in [7, 11) is 2.06. The molecule has 33 heavy (non-hydrogen) atoms. The minimum Gasteiger partial charge on any atom is -0.494 e. The van der Waals surface area contributed by atoms with Gasteiger partial charge in [-0.2, -0.15) is 0 Å². The first kappa shape index (κ1) is 22.9. The van der Waals surface area contributed by atoms with Crippen LogP contribution in [0.3, 0.4) is 0 Å². The largest absolute Gasteiger partial charge is 0.494 e. The Hall–Kier alpha value is -3.32. The van der Waals surface area contributed by atoms with Crippen LogP contribution in [0.25, 0.3) is 5.57 Å². The van der Waals surface area contributed by atoms with Crippen LogP contribution in [0, 0.1) is 0 Å². The molecule has 0 saturated carbocycles. The summed E-state index contributed by atoms with van der Waals surface area (Å²) in [6, 6.07) is 14.6. The SMILES string of the molecule is CCCOc1cccc(N2C(=O)C(c3ccc(OCC)cc3)=C(N3CCN(C)CC3)C2=O)c1. The zero-order chi connectivity index (χ0) is 23.4. The maximum atomic E-state index is 13.7. The zero-order valence-corrected chi connectivity index (χ0v) is 19.5. The van der Waals surface area contributed by atoms with Crippen molar-refractivity contribution >= 4 is 23.1 Å². The number of likely N-dealkylation sites (N-methyl/N-ethyl adjacent to an activating group) is 1. The van der Waals surface area contributed by atoms with Crippen molar-refractivity contribution in [3.63, 3.8) is 0 Å². The summed E-state index contributed by atoms with van der Waals surface area (Å²) in [4.78, 5) is 33.0. The molecule has 1 saturated heterocycles. The highest BCUT2D eigenvalue weighted by Gasteiger charge is 2.43. The van der Waals surface area contributed by atoms with E-state index >= 15 is 0 Å². The maximum Gasteiger partial charge on any atom is 0.282 e. The molecule has 0 unspecified atom stereocenters. The Morgan fingerprint density at radius 3 is 2.24 bits per heavy atom.